The first-order chi connectivity index (χ1) is 9.99. The fraction of sp³-hybridized carbons (Fsp3) is 0.467. The highest BCUT2D eigenvalue weighted by atomic mass is 16.4. The van der Waals surface area contributed by atoms with E-state index < -0.39 is 5.97 Å². The zero-order valence-corrected chi connectivity index (χ0v) is 11.9. The molecule has 1 unspecified atom stereocenters. The van der Waals surface area contributed by atoms with Crippen LogP contribution in [0.3, 0.4) is 0 Å². The molecule has 114 valence electrons. The first kappa shape index (κ1) is 15.2. The number of amides is 2. The smallest absolute Gasteiger partial charge is 0.335 e. The predicted molar refractivity (Wildman–Crippen MR) is 78.6 cm³/mol. The molecule has 0 radical (unpaired) electrons. The van der Waals surface area contributed by atoms with Crippen LogP contribution < -0.4 is 10.6 Å². The molecule has 6 nitrogen and oxygen atoms in total. The number of aromatic carboxylic acids is 1. The fourth-order valence-corrected chi connectivity index (χ4v) is 2.20. The van der Waals surface area contributed by atoms with Crippen molar-refractivity contribution in [3.05, 3.63) is 23.8 Å². The average molecular weight is 292 g/mol. The van der Waals surface area contributed by atoms with E-state index in [4.69, 9.17) is 5.11 Å². The molecule has 4 N–H and O–H groups in total. The molecule has 1 aromatic carbocycles. The summed E-state index contributed by atoms with van der Waals surface area (Å²) in [5, 5.41) is 24.0. The highest BCUT2D eigenvalue weighted by Crippen LogP contribution is 2.34. The lowest BCUT2D eigenvalue weighted by atomic mass is 10.1. The van der Waals surface area contributed by atoms with E-state index in [1.807, 2.05) is 6.92 Å². The van der Waals surface area contributed by atoms with Crippen molar-refractivity contribution in [2.75, 3.05) is 5.32 Å². The Morgan fingerprint density at radius 1 is 1.38 bits per heavy atom. The van der Waals surface area contributed by atoms with Crippen molar-refractivity contribution in [2.45, 2.75) is 38.6 Å². The second-order valence-corrected chi connectivity index (χ2v) is 5.42. The van der Waals surface area contributed by atoms with Gasteiger partial charge in [0.1, 0.15) is 5.75 Å². The summed E-state index contributed by atoms with van der Waals surface area (Å²) in [5.41, 5.74) is 0.164. The molecule has 0 bridgehead atoms. The van der Waals surface area contributed by atoms with Crippen LogP contribution in [0.15, 0.2) is 18.2 Å². The number of anilines is 1. The summed E-state index contributed by atoms with van der Waals surface area (Å²) in [6, 6.07) is 3.55. The Morgan fingerprint density at radius 3 is 2.62 bits per heavy atom. The van der Waals surface area contributed by atoms with Gasteiger partial charge < -0.3 is 20.8 Å². The Labute approximate surface area is 123 Å². The van der Waals surface area contributed by atoms with E-state index in [1.165, 1.54) is 25.0 Å². The number of phenolic OH excluding ortho intramolecular Hbond substituents is 1. The van der Waals surface area contributed by atoms with Gasteiger partial charge in [0.05, 0.1) is 11.3 Å². The van der Waals surface area contributed by atoms with Crippen LogP contribution >= 0.6 is 0 Å². The van der Waals surface area contributed by atoms with Gasteiger partial charge in [-0.3, -0.25) is 0 Å². The van der Waals surface area contributed by atoms with E-state index in [2.05, 4.69) is 10.6 Å². The van der Waals surface area contributed by atoms with Gasteiger partial charge in [-0.25, -0.2) is 9.59 Å². The Hall–Kier alpha value is -2.24. The lowest BCUT2D eigenvalue weighted by Crippen LogP contribution is -2.37. The highest BCUT2D eigenvalue weighted by molar-refractivity contribution is 5.93. The average Bonchev–Trinajstić information content (AvgIpc) is 3.24. The molecule has 1 aromatic rings. The van der Waals surface area contributed by atoms with Crippen LogP contribution in [0.4, 0.5) is 10.5 Å². The van der Waals surface area contributed by atoms with Gasteiger partial charge in [-0.05, 0) is 37.0 Å². The summed E-state index contributed by atoms with van der Waals surface area (Å²) >= 11 is 0. The standard InChI is InChI=1S/C15H20N2O4/c1-2-11(7-9-3-4-9)16-15(21)17-12-6-5-10(14(19)20)8-13(12)18/h5-6,8-9,11,18H,2-4,7H2,1H3,(H,19,20)(H2,16,17,21). The minimum Gasteiger partial charge on any atom is -0.506 e. The summed E-state index contributed by atoms with van der Waals surface area (Å²) in [6.45, 7) is 2.02. The second-order valence-electron chi connectivity index (χ2n) is 5.42. The van der Waals surface area contributed by atoms with Gasteiger partial charge in [-0.2, -0.15) is 0 Å². The molecule has 1 aliphatic rings. The van der Waals surface area contributed by atoms with Crippen molar-refractivity contribution < 1.29 is 19.8 Å². The molecule has 0 heterocycles. The molecule has 1 aliphatic carbocycles. The third-order valence-corrected chi connectivity index (χ3v) is 3.64. The monoisotopic (exact) mass is 292 g/mol. The van der Waals surface area contributed by atoms with Crippen LogP contribution in [0.1, 0.15) is 43.0 Å². The molecule has 2 amide bonds. The third kappa shape index (κ3) is 4.37. The van der Waals surface area contributed by atoms with Crippen molar-refractivity contribution in [3.8, 4) is 5.75 Å². The molecule has 0 saturated heterocycles. The SMILES string of the molecule is CCC(CC1CC1)NC(=O)Nc1ccc(C(=O)O)cc1O. The van der Waals surface area contributed by atoms with Crippen molar-refractivity contribution in [1.29, 1.82) is 0 Å². The van der Waals surface area contributed by atoms with Gasteiger partial charge in [0.25, 0.3) is 0 Å². The van der Waals surface area contributed by atoms with Crippen LogP contribution in [0.25, 0.3) is 0 Å². The fourth-order valence-electron chi connectivity index (χ4n) is 2.20. The van der Waals surface area contributed by atoms with Crippen molar-refractivity contribution in [3.63, 3.8) is 0 Å². The summed E-state index contributed by atoms with van der Waals surface area (Å²) in [4.78, 5) is 22.7. The van der Waals surface area contributed by atoms with E-state index >= 15 is 0 Å². The van der Waals surface area contributed by atoms with Crippen LogP contribution in [0, 0.1) is 5.92 Å². The number of hydrogen-bond donors (Lipinski definition) is 4. The first-order valence-electron chi connectivity index (χ1n) is 7.13. The normalized spacial score (nSPS) is 15.3. The number of carbonyl (C=O) groups is 2. The highest BCUT2D eigenvalue weighted by Gasteiger charge is 2.25. The Morgan fingerprint density at radius 2 is 2.10 bits per heavy atom. The number of rotatable bonds is 6. The summed E-state index contributed by atoms with van der Waals surface area (Å²) < 4.78 is 0. The maximum Gasteiger partial charge on any atom is 0.335 e. The topological polar surface area (TPSA) is 98.7 Å². The molecule has 0 aromatic heterocycles. The summed E-state index contributed by atoms with van der Waals surface area (Å²) in [7, 11) is 0. The second kappa shape index (κ2) is 6.47. The number of hydrogen-bond acceptors (Lipinski definition) is 3. The quantitative estimate of drug-likeness (QED) is 0.606. The molecule has 6 heteroatoms. The van der Waals surface area contributed by atoms with Crippen molar-refractivity contribution >= 4 is 17.7 Å². The number of urea groups is 1. The predicted octanol–water partition coefficient (Wildman–Crippen LogP) is 2.79. The zero-order chi connectivity index (χ0) is 15.4. The number of carboxylic acids is 1. The van der Waals surface area contributed by atoms with Crippen molar-refractivity contribution in [2.24, 2.45) is 5.92 Å². The van der Waals surface area contributed by atoms with E-state index in [1.54, 1.807) is 0 Å². The molecular weight excluding hydrogens is 272 g/mol. The Balaban J connectivity index is 1.93. The number of nitrogens with one attached hydrogen (secondary N) is 2. The molecule has 0 aliphatic heterocycles. The number of benzene rings is 1. The largest absolute Gasteiger partial charge is 0.506 e. The molecule has 21 heavy (non-hydrogen) atoms. The van der Waals surface area contributed by atoms with E-state index in [0.29, 0.717) is 0 Å². The first-order valence-corrected chi connectivity index (χ1v) is 7.13. The summed E-state index contributed by atoms with van der Waals surface area (Å²) in [6.07, 6.45) is 4.30. The van der Waals surface area contributed by atoms with Gasteiger partial charge in [0.2, 0.25) is 0 Å². The van der Waals surface area contributed by atoms with Gasteiger partial charge in [0.15, 0.2) is 0 Å². The molecule has 1 saturated carbocycles. The number of phenols is 1. The maximum absolute atomic E-state index is 11.9. The molecule has 1 fully saturated rings. The zero-order valence-electron chi connectivity index (χ0n) is 11.9. The minimum absolute atomic E-state index is 0.0290. The Bertz CT molecular complexity index is 540. The van der Waals surface area contributed by atoms with E-state index in [9.17, 15) is 14.7 Å². The van der Waals surface area contributed by atoms with E-state index in [0.717, 1.165) is 24.8 Å². The molecule has 0 spiro atoms. The van der Waals surface area contributed by atoms with Gasteiger partial charge in [-0.15, -0.1) is 0 Å². The number of carboxylic acid groups (broad SMARTS) is 1. The number of aromatic hydroxyl groups is 1. The van der Waals surface area contributed by atoms with Crippen LogP contribution in [0.2, 0.25) is 0 Å². The lowest BCUT2D eigenvalue weighted by Gasteiger charge is -2.17. The van der Waals surface area contributed by atoms with Gasteiger partial charge in [0, 0.05) is 6.04 Å². The Kier molecular flexibility index (Phi) is 4.67. The lowest BCUT2D eigenvalue weighted by molar-refractivity contribution is 0.0696. The van der Waals surface area contributed by atoms with Crippen LogP contribution in [0.5, 0.6) is 5.75 Å². The van der Waals surface area contributed by atoms with Crippen LogP contribution in [-0.4, -0.2) is 28.3 Å². The third-order valence-electron chi connectivity index (χ3n) is 3.64. The molecular formula is C15H20N2O4. The van der Waals surface area contributed by atoms with Crippen LogP contribution in [-0.2, 0) is 0 Å². The minimum atomic E-state index is -1.13. The maximum atomic E-state index is 11.9. The van der Waals surface area contributed by atoms with Gasteiger partial charge >= 0.3 is 12.0 Å². The van der Waals surface area contributed by atoms with E-state index in [-0.39, 0.29) is 29.1 Å². The molecule has 2 rings (SSSR count). The summed E-state index contributed by atoms with van der Waals surface area (Å²) in [5.74, 6) is -0.671. The number of carbonyl (C=O) groups excluding carboxylic acids is 1. The van der Waals surface area contributed by atoms with Gasteiger partial charge in [-0.1, -0.05) is 19.8 Å². The molecule has 1 atom stereocenters. The van der Waals surface area contributed by atoms with Crippen molar-refractivity contribution in [1.82, 2.24) is 5.32 Å².